The number of hydrogen-bond donors (Lipinski definition) is 2. The lowest BCUT2D eigenvalue weighted by Gasteiger charge is -2.17. The molecule has 1 unspecified atom stereocenters. The molecule has 3 nitrogen and oxygen atoms in total. The van der Waals surface area contributed by atoms with Crippen molar-refractivity contribution in [2.24, 2.45) is 0 Å². The van der Waals surface area contributed by atoms with Crippen molar-refractivity contribution in [3.8, 4) is 0 Å². The number of carboxylic acids is 1. The van der Waals surface area contributed by atoms with Crippen LogP contribution in [0.15, 0.2) is 72.3 Å². The molecule has 1 aliphatic carbocycles. The third-order valence-corrected chi connectivity index (χ3v) is 5.17. The Morgan fingerprint density at radius 3 is 2.54 bits per heavy atom. The average Bonchev–Trinajstić information content (AvgIpc) is 2.79. The molecule has 0 aromatic heterocycles. The average molecular weight is 343 g/mol. The van der Waals surface area contributed by atoms with E-state index in [1.54, 1.807) is 0 Å². The van der Waals surface area contributed by atoms with Crippen molar-refractivity contribution in [3.63, 3.8) is 0 Å². The fourth-order valence-electron chi connectivity index (χ4n) is 3.73. The normalized spacial score (nSPS) is 16.9. The molecule has 2 N–H and O–H groups in total. The number of hydrogen-bond acceptors (Lipinski definition) is 2. The van der Waals surface area contributed by atoms with Gasteiger partial charge in [-0.05, 0) is 47.2 Å². The molecule has 3 aromatic rings. The first-order valence-corrected chi connectivity index (χ1v) is 8.95. The lowest BCUT2D eigenvalue weighted by molar-refractivity contribution is -0.132. The first kappa shape index (κ1) is 16.4. The van der Waals surface area contributed by atoms with Gasteiger partial charge in [0.1, 0.15) is 0 Å². The van der Waals surface area contributed by atoms with Gasteiger partial charge in [-0.3, -0.25) is 0 Å². The van der Waals surface area contributed by atoms with Crippen molar-refractivity contribution in [2.75, 3.05) is 5.32 Å². The second-order valence-electron chi connectivity index (χ2n) is 6.87. The topological polar surface area (TPSA) is 49.3 Å². The van der Waals surface area contributed by atoms with Crippen molar-refractivity contribution in [3.05, 3.63) is 83.4 Å². The Bertz CT molecular complexity index is 1020. The summed E-state index contributed by atoms with van der Waals surface area (Å²) < 4.78 is 0. The highest BCUT2D eigenvalue weighted by Crippen LogP contribution is 2.37. The number of benzene rings is 3. The van der Waals surface area contributed by atoms with Gasteiger partial charge in [0.2, 0.25) is 0 Å². The minimum absolute atomic E-state index is 0.330. The molecule has 130 valence electrons. The smallest absolute Gasteiger partial charge is 0.333 e. The Kier molecular flexibility index (Phi) is 4.21. The van der Waals surface area contributed by atoms with Crippen LogP contribution in [0.5, 0.6) is 0 Å². The summed E-state index contributed by atoms with van der Waals surface area (Å²) in [5.74, 6) is -0.520. The molecule has 0 aliphatic heterocycles. The molecule has 1 atom stereocenters. The third kappa shape index (κ3) is 2.97. The Labute approximate surface area is 153 Å². The molecule has 0 radical (unpaired) electrons. The van der Waals surface area contributed by atoms with E-state index in [4.69, 9.17) is 0 Å². The predicted octanol–water partition coefficient (Wildman–Crippen LogP) is 5.64. The minimum Gasteiger partial charge on any atom is -0.478 e. The van der Waals surface area contributed by atoms with Crippen molar-refractivity contribution in [1.29, 1.82) is 0 Å². The second-order valence-corrected chi connectivity index (χ2v) is 6.87. The molecule has 3 aromatic carbocycles. The summed E-state index contributed by atoms with van der Waals surface area (Å²) in [6.07, 6.45) is 1.39. The fourth-order valence-corrected chi connectivity index (χ4v) is 3.73. The zero-order valence-corrected chi connectivity index (χ0v) is 14.7. The SMILES string of the molecule is CC1CCC(C(=O)O)=C(Nc2ccc3ccccc3c2)c2ccccc21. The molecular weight excluding hydrogens is 322 g/mol. The van der Waals surface area contributed by atoms with Gasteiger partial charge in [-0.1, -0.05) is 61.5 Å². The van der Waals surface area contributed by atoms with E-state index in [0.29, 0.717) is 23.6 Å². The molecule has 0 spiro atoms. The van der Waals surface area contributed by atoms with Gasteiger partial charge in [-0.15, -0.1) is 0 Å². The molecular formula is C23H21NO2. The van der Waals surface area contributed by atoms with Gasteiger partial charge < -0.3 is 10.4 Å². The number of aliphatic carboxylic acids is 1. The number of anilines is 1. The maximum atomic E-state index is 11.9. The second kappa shape index (κ2) is 6.68. The van der Waals surface area contributed by atoms with Crippen LogP contribution in [-0.4, -0.2) is 11.1 Å². The molecule has 0 amide bonds. The molecule has 0 fully saturated rings. The molecule has 0 bridgehead atoms. The van der Waals surface area contributed by atoms with E-state index in [9.17, 15) is 9.90 Å². The van der Waals surface area contributed by atoms with Crippen molar-refractivity contribution < 1.29 is 9.90 Å². The van der Waals surface area contributed by atoms with Gasteiger partial charge >= 0.3 is 5.97 Å². The van der Waals surface area contributed by atoms with Gasteiger partial charge in [-0.2, -0.15) is 0 Å². The Hall–Kier alpha value is -3.07. The lowest BCUT2D eigenvalue weighted by Crippen LogP contribution is -2.09. The predicted molar refractivity (Wildman–Crippen MR) is 106 cm³/mol. The highest BCUT2D eigenvalue weighted by molar-refractivity contribution is 6.00. The van der Waals surface area contributed by atoms with E-state index in [1.807, 2.05) is 36.4 Å². The first-order valence-electron chi connectivity index (χ1n) is 8.95. The zero-order valence-electron chi connectivity index (χ0n) is 14.7. The Morgan fingerprint density at radius 2 is 1.73 bits per heavy atom. The van der Waals surface area contributed by atoms with E-state index in [2.05, 4.69) is 42.6 Å². The summed E-state index contributed by atoms with van der Waals surface area (Å²) in [5, 5.41) is 15.5. The van der Waals surface area contributed by atoms with Crippen LogP contribution in [-0.2, 0) is 4.79 Å². The quantitative estimate of drug-likeness (QED) is 0.646. The largest absolute Gasteiger partial charge is 0.478 e. The van der Waals surface area contributed by atoms with Crippen LogP contribution in [0.1, 0.15) is 36.8 Å². The fraction of sp³-hybridized carbons (Fsp3) is 0.174. The van der Waals surface area contributed by atoms with Crippen molar-refractivity contribution >= 4 is 28.1 Å². The summed E-state index contributed by atoms with van der Waals surface area (Å²) in [4.78, 5) is 11.9. The lowest BCUT2D eigenvalue weighted by atomic mass is 9.93. The monoisotopic (exact) mass is 343 g/mol. The first-order chi connectivity index (χ1) is 12.6. The Balaban J connectivity index is 1.84. The summed E-state index contributed by atoms with van der Waals surface area (Å²) in [6, 6.07) is 22.4. The third-order valence-electron chi connectivity index (χ3n) is 5.17. The van der Waals surface area contributed by atoms with Crippen LogP contribution in [0.25, 0.3) is 16.5 Å². The summed E-state index contributed by atoms with van der Waals surface area (Å²) in [7, 11) is 0. The van der Waals surface area contributed by atoms with Crippen LogP contribution in [0.3, 0.4) is 0 Å². The van der Waals surface area contributed by atoms with Gasteiger partial charge in [0, 0.05) is 11.3 Å². The highest BCUT2D eigenvalue weighted by atomic mass is 16.4. The molecule has 1 aliphatic rings. The number of nitrogens with one attached hydrogen (secondary N) is 1. The number of fused-ring (bicyclic) bond motifs is 2. The van der Waals surface area contributed by atoms with E-state index >= 15 is 0 Å². The highest BCUT2D eigenvalue weighted by Gasteiger charge is 2.25. The number of carboxylic acid groups (broad SMARTS) is 1. The van der Waals surface area contributed by atoms with Gasteiger partial charge in [0.15, 0.2) is 0 Å². The molecule has 0 saturated carbocycles. The maximum absolute atomic E-state index is 11.9. The standard InChI is InChI=1S/C23H21NO2/c1-15-10-13-21(23(25)26)22(20-9-5-4-8-19(15)20)24-18-12-11-16-6-2-3-7-17(16)14-18/h2-9,11-12,14-15,24H,10,13H2,1H3,(H,25,26). The summed E-state index contributed by atoms with van der Waals surface area (Å²) in [6.45, 7) is 2.16. The molecule has 3 heteroatoms. The van der Waals surface area contributed by atoms with Crippen LogP contribution < -0.4 is 5.32 Å². The van der Waals surface area contributed by atoms with Gasteiger partial charge in [-0.25, -0.2) is 4.79 Å². The van der Waals surface area contributed by atoms with Gasteiger partial charge in [0.05, 0.1) is 11.3 Å². The van der Waals surface area contributed by atoms with E-state index in [0.717, 1.165) is 23.1 Å². The van der Waals surface area contributed by atoms with Crippen LogP contribution in [0.2, 0.25) is 0 Å². The van der Waals surface area contributed by atoms with Crippen molar-refractivity contribution in [2.45, 2.75) is 25.7 Å². The molecule has 0 saturated heterocycles. The minimum atomic E-state index is -0.850. The maximum Gasteiger partial charge on any atom is 0.333 e. The van der Waals surface area contributed by atoms with Gasteiger partial charge in [0.25, 0.3) is 0 Å². The molecule has 26 heavy (non-hydrogen) atoms. The Morgan fingerprint density at radius 1 is 1.00 bits per heavy atom. The van der Waals surface area contributed by atoms with E-state index in [1.165, 1.54) is 10.9 Å². The summed E-state index contributed by atoms with van der Waals surface area (Å²) >= 11 is 0. The zero-order chi connectivity index (χ0) is 18.1. The molecule has 4 rings (SSSR count). The van der Waals surface area contributed by atoms with Crippen molar-refractivity contribution in [1.82, 2.24) is 0 Å². The molecule has 0 heterocycles. The van der Waals surface area contributed by atoms with E-state index in [-0.39, 0.29) is 0 Å². The van der Waals surface area contributed by atoms with Crippen LogP contribution in [0, 0.1) is 0 Å². The number of rotatable bonds is 3. The van der Waals surface area contributed by atoms with E-state index < -0.39 is 5.97 Å². The number of carbonyl (C=O) groups is 1. The van der Waals surface area contributed by atoms with Crippen LogP contribution in [0.4, 0.5) is 5.69 Å². The summed E-state index contributed by atoms with van der Waals surface area (Å²) in [5.41, 5.74) is 4.26. The van der Waals surface area contributed by atoms with Crippen LogP contribution >= 0.6 is 0 Å².